The third kappa shape index (κ3) is 5.58. The molecule has 9 rings (SSSR count). The van der Waals surface area contributed by atoms with Crippen molar-refractivity contribution in [3.8, 4) is 45.2 Å². The van der Waals surface area contributed by atoms with Crippen LogP contribution in [-0.2, 0) is 5.41 Å². The minimum Gasteiger partial charge on any atom is -0.310 e. The predicted octanol–water partition coefficient (Wildman–Crippen LogP) is 12.9. The molecule has 0 N–H and O–H groups in total. The zero-order valence-electron chi connectivity index (χ0n) is 33.3. The maximum absolute atomic E-state index is 8.60. The number of fused-ring (bicyclic) bond motifs is 3. The molecule has 8 aromatic carbocycles. The molecular formula is C51H35N. The summed E-state index contributed by atoms with van der Waals surface area (Å²) in [6, 6.07) is 60.5. The molecule has 0 saturated carbocycles. The largest absolute Gasteiger partial charge is 0.310 e. The molecule has 1 aliphatic carbocycles. The highest BCUT2D eigenvalue weighted by molar-refractivity contribution is 5.90. The Morgan fingerprint density at radius 2 is 0.942 bits per heavy atom. The molecule has 0 bridgehead atoms. The Labute approximate surface area is 313 Å². The molecule has 244 valence electrons. The molecule has 52 heavy (non-hydrogen) atoms. The summed E-state index contributed by atoms with van der Waals surface area (Å²) >= 11 is 0. The first-order valence-electron chi connectivity index (χ1n) is 19.9. The summed E-state index contributed by atoms with van der Waals surface area (Å²) < 4.78 is 41.8. The third-order valence-electron chi connectivity index (χ3n) is 9.81. The summed E-state index contributed by atoms with van der Waals surface area (Å²) in [6.07, 6.45) is 0. The first kappa shape index (κ1) is 26.0. The second kappa shape index (κ2) is 13.4. The summed E-state index contributed by atoms with van der Waals surface area (Å²) in [5.41, 5.74) is 11.4. The Bertz CT molecular complexity index is 2800. The number of benzene rings is 8. The average Bonchev–Trinajstić information content (AvgIpc) is 3.56. The molecule has 0 amide bonds. The molecule has 0 saturated heterocycles. The Hall–Kier alpha value is -6.88. The second-order valence-electron chi connectivity index (χ2n) is 12.8. The molecule has 0 aromatic heterocycles. The van der Waals surface area contributed by atoms with Crippen molar-refractivity contribution in [2.24, 2.45) is 0 Å². The molecule has 1 heteroatoms. The zero-order chi connectivity index (χ0) is 39.1. The van der Waals surface area contributed by atoms with Gasteiger partial charge >= 0.3 is 0 Å². The number of rotatable bonds is 6. The van der Waals surface area contributed by atoms with Crippen molar-refractivity contribution in [2.45, 2.75) is 5.41 Å². The van der Waals surface area contributed by atoms with Gasteiger partial charge in [0.2, 0.25) is 0 Å². The molecule has 0 heterocycles. The van der Waals surface area contributed by atoms with E-state index in [1.807, 2.05) is 78.9 Å². The second-order valence-corrected chi connectivity index (χ2v) is 12.8. The predicted molar refractivity (Wildman–Crippen MR) is 217 cm³/mol. The van der Waals surface area contributed by atoms with E-state index in [-0.39, 0.29) is 29.7 Å². The molecule has 8 aromatic rings. The number of hydrogen-bond acceptors (Lipinski definition) is 1. The van der Waals surface area contributed by atoms with E-state index in [0.717, 1.165) is 61.6 Å². The zero-order valence-corrected chi connectivity index (χ0v) is 28.3. The summed E-state index contributed by atoms with van der Waals surface area (Å²) in [5.74, 6) is 7.36. The Morgan fingerprint density at radius 1 is 0.423 bits per heavy atom. The Morgan fingerprint density at radius 3 is 1.62 bits per heavy atom. The summed E-state index contributed by atoms with van der Waals surface area (Å²) in [7, 11) is 0. The lowest BCUT2D eigenvalue weighted by Crippen LogP contribution is -2.25. The van der Waals surface area contributed by atoms with Crippen LogP contribution in [0.1, 0.15) is 29.1 Å². The molecule has 0 spiro atoms. The van der Waals surface area contributed by atoms with Crippen molar-refractivity contribution in [3.05, 3.63) is 234 Å². The van der Waals surface area contributed by atoms with Gasteiger partial charge in [0.15, 0.2) is 0 Å². The lowest BCUT2D eigenvalue weighted by molar-refractivity contribution is 0.837. The van der Waals surface area contributed by atoms with E-state index in [0.29, 0.717) is 5.56 Å². The van der Waals surface area contributed by atoms with Crippen molar-refractivity contribution in [3.63, 3.8) is 0 Å². The monoisotopic (exact) mass is 666 g/mol. The van der Waals surface area contributed by atoms with Crippen molar-refractivity contribution in [1.82, 2.24) is 0 Å². The maximum Gasteiger partial charge on any atom is 0.108 e. The Balaban J connectivity index is 1.25. The van der Waals surface area contributed by atoms with E-state index in [9.17, 15) is 0 Å². The van der Waals surface area contributed by atoms with Crippen molar-refractivity contribution < 1.29 is 6.85 Å². The van der Waals surface area contributed by atoms with E-state index in [4.69, 9.17) is 6.85 Å². The molecule has 1 aliphatic rings. The summed E-state index contributed by atoms with van der Waals surface area (Å²) in [6.45, 7) is 0. The number of anilines is 3. The van der Waals surface area contributed by atoms with Gasteiger partial charge in [0.05, 0.1) is 6.85 Å². The van der Waals surface area contributed by atoms with Crippen LogP contribution < -0.4 is 4.90 Å². The van der Waals surface area contributed by atoms with Crippen LogP contribution in [0.4, 0.5) is 17.1 Å². The standard InChI is InChI=1S/C51H35N/c1-5-15-38(16-6-1)35-36-51(43-21-11-4-12-22-43)49-24-14-13-23-47(49)48-34-33-46(37-50(48)51)52(44-29-25-41(26-30-44)39-17-7-2-8-18-39)45-31-27-42(28-32-45)40-19-9-3-10-20-40/h1-34,37H/i2D,7D,8D,17D,18D. The molecule has 1 nitrogen and oxygen atoms in total. The van der Waals surface area contributed by atoms with E-state index in [1.54, 1.807) is 0 Å². The molecule has 0 radical (unpaired) electrons. The van der Waals surface area contributed by atoms with Crippen LogP contribution in [0.5, 0.6) is 0 Å². The van der Waals surface area contributed by atoms with Gasteiger partial charge in [0.25, 0.3) is 0 Å². The van der Waals surface area contributed by atoms with Crippen LogP contribution in [0, 0.1) is 11.8 Å². The van der Waals surface area contributed by atoms with Crippen LogP contribution in [0.15, 0.2) is 212 Å². The van der Waals surface area contributed by atoms with Crippen molar-refractivity contribution >= 4 is 17.1 Å². The average molecular weight is 667 g/mol. The van der Waals surface area contributed by atoms with Gasteiger partial charge in [-0.05, 0) is 98.6 Å². The van der Waals surface area contributed by atoms with E-state index in [2.05, 4.69) is 120 Å². The van der Waals surface area contributed by atoms with Gasteiger partial charge in [-0.2, -0.15) is 0 Å². The fraction of sp³-hybridized carbons (Fsp3) is 0.0196. The van der Waals surface area contributed by atoms with Crippen molar-refractivity contribution in [1.29, 1.82) is 0 Å². The minimum absolute atomic E-state index is 0.172. The SMILES string of the molecule is [2H]c1c([2H])c([2H])c(-c2ccc(N(c3ccc(-c4ccccc4)cc3)c3ccc4c(c3)C(C#Cc3ccccc3)(c3ccccc3)c3ccccc3-4)cc2)c([2H])c1[2H]. The van der Waals surface area contributed by atoms with Crippen LogP contribution in [0.25, 0.3) is 33.4 Å². The summed E-state index contributed by atoms with van der Waals surface area (Å²) in [5, 5.41) is 0. The number of nitrogens with zero attached hydrogens (tertiary/aromatic N) is 1. The first-order chi connectivity index (χ1) is 27.8. The van der Waals surface area contributed by atoms with Crippen LogP contribution in [0.2, 0.25) is 0 Å². The maximum atomic E-state index is 8.60. The third-order valence-corrected chi connectivity index (χ3v) is 9.81. The quantitative estimate of drug-likeness (QED) is 0.160. The van der Waals surface area contributed by atoms with Crippen LogP contribution in [0.3, 0.4) is 0 Å². The fourth-order valence-corrected chi connectivity index (χ4v) is 7.35. The van der Waals surface area contributed by atoms with Crippen molar-refractivity contribution in [2.75, 3.05) is 4.90 Å². The first-order valence-corrected chi connectivity index (χ1v) is 17.4. The fourth-order valence-electron chi connectivity index (χ4n) is 7.35. The topological polar surface area (TPSA) is 3.24 Å². The highest BCUT2D eigenvalue weighted by atomic mass is 15.1. The molecule has 1 unspecified atom stereocenters. The highest BCUT2D eigenvalue weighted by Crippen LogP contribution is 2.54. The van der Waals surface area contributed by atoms with Gasteiger partial charge in [-0.15, -0.1) is 0 Å². The molecule has 0 fully saturated rings. The minimum atomic E-state index is -0.771. The normalized spacial score (nSPS) is 15.4. The lowest BCUT2D eigenvalue weighted by Gasteiger charge is -2.30. The van der Waals surface area contributed by atoms with Gasteiger partial charge in [0, 0.05) is 22.6 Å². The smallest absolute Gasteiger partial charge is 0.108 e. The van der Waals surface area contributed by atoms with Crippen LogP contribution >= 0.6 is 0 Å². The van der Waals surface area contributed by atoms with Crippen LogP contribution in [-0.4, -0.2) is 0 Å². The molecule has 0 aliphatic heterocycles. The lowest BCUT2D eigenvalue weighted by atomic mass is 9.72. The van der Waals surface area contributed by atoms with Gasteiger partial charge in [-0.1, -0.05) is 176 Å². The van der Waals surface area contributed by atoms with Gasteiger partial charge in [0.1, 0.15) is 5.41 Å². The van der Waals surface area contributed by atoms with E-state index < -0.39 is 11.5 Å². The van der Waals surface area contributed by atoms with E-state index in [1.165, 1.54) is 0 Å². The molecule has 1 atom stereocenters. The van der Waals surface area contributed by atoms with Gasteiger partial charge in [-0.25, -0.2) is 0 Å². The molecular weight excluding hydrogens is 627 g/mol. The highest BCUT2D eigenvalue weighted by Gasteiger charge is 2.44. The van der Waals surface area contributed by atoms with Gasteiger partial charge < -0.3 is 4.90 Å². The number of hydrogen-bond donors (Lipinski definition) is 0. The summed E-state index contributed by atoms with van der Waals surface area (Å²) in [4.78, 5) is 2.20. The van der Waals surface area contributed by atoms with Gasteiger partial charge in [-0.3, -0.25) is 0 Å². The Kier molecular flexibility index (Phi) is 6.72. The van der Waals surface area contributed by atoms with E-state index >= 15 is 0 Å².